The first-order chi connectivity index (χ1) is 11.3. The number of fused-ring (bicyclic) bond motifs is 1. The van der Waals surface area contributed by atoms with Gasteiger partial charge in [-0.15, -0.1) is 0 Å². The zero-order valence-corrected chi connectivity index (χ0v) is 14.2. The Labute approximate surface area is 142 Å². The summed E-state index contributed by atoms with van der Waals surface area (Å²) in [6.07, 6.45) is 4.13. The van der Waals surface area contributed by atoms with Gasteiger partial charge in [0.15, 0.2) is 0 Å². The van der Waals surface area contributed by atoms with E-state index in [0.29, 0.717) is 24.2 Å². The Balaban J connectivity index is 1.70. The monoisotopic (exact) mass is 334 g/mol. The molecule has 1 aliphatic carbocycles. The van der Waals surface area contributed by atoms with E-state index in [4.69, 9.17) is 21.1 Å². The van der Waals surface area contributed by atoms with Crippen LogP contribution < -0.4 is 10.1 Å². The molecule has 5 heteroatoms. The molecule has 4 nitrogen and oxygen atoms in total. The van der Waals surface area contributed by atoms with Crippen LogP contribution in [0.5, 0.6) is 5.88 Å². The Morgan fingerprint density at radius 3 is 2.87 bits per heavy atom. The number of methoxy groups -OCH3 is 1. The van der Waals surface area contributed by atoms with Crippen LogP contribution in [0.25, 0.3) is 10.8 Å². The van der Waals surface area contributed by atoms with Gasteiger partial charge in [-0.05, 0) is 54.5 Å². The molecule has 2 aromatic rings. The SMILES string of the molecule is COCCOc1nc(Cl)cc2cc(CNCC3CCC3)ccc12. The van der Waals surface area contributed by atoms with E-state index < -0.39 is 0 Å². The number of pyridine rings is 1. The van der Waals surface area contributed by atoms with E-state index in [1.54, 1.807) is 7.11 Å². The van der Waals surface area contributed by atoms with Gasteiger partial charge in [0.2, 0.25) is 5.88 Å². The van der Waals surface area contributed by atoms with Crippen molar-refractivity contribution in [1.29, 1.82) is 0 Å². The minimum absolute atomic E-state index is 0.449. The van der Waals surface area contributed by atoms with Crippen molar-refractivity contribution in [1.82, 2.24) is 10.3 Å². The van der Waals surface area contributed by atoms with Gasteiger partial charge in [0, 0.05) is 19.0 Å². The maximum Gasteiger partial charge on any atom is 0.222 e. The number of nitrogens with one attached hydrogen (secondary N) is 1. The van der Waals surface area contributed by atoms with Crippen molar-refractivity contribution in [3.05, 3.63) is 35.0 Å². The Bertz CT molecular complexity index is 659. The fourth-order valence-electron chi connectivity index (χ4n) is 2.80. The number of nitrogens with zero attached hydrogens (tertiary/aromatic N) is 1. The summed E-state index contributed by atoms with van der Waals surface area (Å²) in [6, 6.07) is 8.21. The van der Waals surface area contributed by atoms with Crippen LogP contribution in [0.15, 0.2) is 24.3 Å². The highest BCUT2D eigenvalue weighted by Gasteiger charge is 2.16. The number of ether oxygens (including phenoxy) is 2. The minimum Gasteiger partial charge on any atom is -0.475 e. The summed E-state index contributed by atoms with van der Waals surface area (Å²) in [5, 5.41) is 6.03. The summed E-state index contributed by atoms with van der Waals surface area (Å²) in [6.45, 7) is 2.98. The van der Waals surface area contributed by atoms with Crippen LogP contribution in [0.3, 0.4) is 0 Å². The fourth-order valence-corrected chi connectivity index (χ4v) is 3.00. The summed E-state index contributed by atoms with van der Waals surface area (Å²) in [5.41, 5.74) is 1.25. The van der Waals surface area contributed by atoms with Gasteiger partial charge < -0.3 is 14.8 Å². The summed E-state index contributed by atoms with van der Waals surface area (Å²) in [5.74, 6) is 1.44. The van der Waals surface area contributed by atoms with Crippen LogP contribution >= 0.6 is 11.6 Å². The maximum absolute atomic E-state index is 6.12. The molecule has 0 unspecified atom stereocenters. The van der Waals surface area contributed by atoms with Gasteiger partial charge in [0.1, 0.15) is 11.8 Å². The molecule has 1 fully saturated rings. The lowest BCUT2D eigenvalue weighted by Gasteiger charge is -2.25. The van der Waals surface area contributed by atoms with E-state index in [9.17, 15) is 0 Å². The molecule has 0 aliphatic heterocycles. The number of benzene rings is 1. The first-order valence-electron chi connectivity index (χ1n) is 8.18. The van der Waals surface area contributed by atoms with Gasteiger partial charge in [-0.1, -0.05) is 24.1 Å². The summed E-state index contributed by atoms with van der Waals surface area (Å²) in [4.78, 5) is 4.28. The molecule has 1 aromatic carbocycles. The number of hydrogen-bond donors (Lipinski definition) is 1. The minimum atomic E-state index is 0.449. The van der Waals surface area contributed by atoms with Crippen LogP contribution in [0.1, 0.15) is 24.8 Å². The second-order valence-corrected chi connectivity index (χ2v) is 6.46. The lowest BCUT2D eigenvalue weighted by molar-refractivity contribution is 0.144. The van der Waals surface area contributed by atoms with Crippen molar-refractivity contribution in [2.45, 2.75) is 25.8 Å². The molecule has 23 heavy (non-hydrogen) atoms. The predicted molar refractivity (Wildman–Crippen MR) is 93.2 cm³/mol. The van der Waals surface area contributed by atoms with Gasteiger partial charge in [-0.2, -0.15) is 0 Å². The summed E-state index contributed by atoms with van der Waals surface area (Å²) < 4.78 is 10.7. The topological polar surface area (TPSA) is 43.4 Å². The molecule has 124 valence electrons. The van der Waals surface area contributed by atoms with Crippen molar-refractivity contribution in [3.8, 4) is 5.88 Å². The highest BCUT2D eigenvalue weighted by Crippen LogP contribution is 2.28. The Morgan fingerprint density at radius 2 is 2.13 bits per heavy atom. The lowest BCUT2D eigenvalue weighted by atomic mass is 9.85. The van der Waals surface area contributed by atoms with E-state index in [2.05, 4.69) is 28.5 Å². The molecular weight excluding hydrogens is 312 g/mol. The molecule has 1 heterocycles. The first-order valence-corrected chi connectivity index (χ1v) is 8.55. The van der Waals surface area contributed by atoms with Crippen molar-refractivity contribution >= 4 is 22.4 Å². The fraction of sp³-hybridized carbons (Fsp3) is 0.500. The molecule has 0 saturated heterocycles. The third kappa shape index (κ3) is 4.34. The molecule has 3 rings (SSSR count). The van der Waals surface area contributed by atoms with Gasteiger partial charge in [0.25, 0.3) is 0 Å². The van der Waals surface area contributed by atoms with Crippen LogP contribution in [0, 0.1) is 5.92 Å². The van der Waals surface area contributed by atoms with Crippen LogP contribution in [0.2, 0.25) is 5.15 Å². The van der Waals surface area contributed by atoms with Gasteiger partial charge in [-0.25, -0.2) is 4.98 Å². The lowest BCUT2D eigenvalue weighted by Crippen LogP contribution is -2.26. The Kier molecular flexibility index (Phi) is 5.70. The van der Waals surface area contributed by atoms with Crippen LogP contribution in [-0.2, 0) is 11.3 Å². The Hall–Kier alpha value is -1.36. The second-order valence-electron chi connectivity index (χ2n) is 6.07. The van der Waals surface area contributed by atoms with E-state index in [1.807, 2.05) is 6.07 Å². The number of aromatic nitrogens is 1. The molecule has 0 atom stereocenters. The zero-order valence-electron chi connectivity index (χ0n) is 13.5. The van der Waals surface area contributed by atoms with Crippen molar-refractivity contribution in [3.63, 3.8) is 0 Å². The third-order valence-corrected chi connectivity index (χ3v) is 4.54. The van der Waals surface area contributed by atoms with Crippen molar-refractivity contribution in [2.24, 2.45) is 5.92 Å². The van der Waals surface area contributed by atoms with Crippen LogP contribution in [-0.4, -0.2) is 31.9 Å². The average molecular weight is 335 g/mol. The van der Waals surface area contributed by atoms with Crippen molar-refractivity contribution in [2.75, 3.05) is 26.9 Å². The molecule has 1 aromatic heterocycles. The van der Waals surface area contributed by atoms with Crippen molar-refractivity contribution < 1.29 is 9.47 Å². The molecule has 0 amide bonds. The number of halogens is 1. The molecule has 0 bridgehead atoms. The van der Waals surface area contributed by atoms with Crippen LogP contribution in [0.4, 0.5) is 0 Å². The number of rotatable bonds is 8. The third-order valence-electron chi connectivity index (χ3n) is 4.34. The standard InChI is InChI=1S/C18H23ClN2O2/c1-22-7-8-23-18-16-6-5-14(9-15(16)10-17(19)21-18)12-20-11-13-3-2-4-13/h5-6,9-10,13,20H,2-4,7-8,11-12H2,1H3. The molecular formula is C18H23ClN2O2. The molecule has 1 saturated carbocycles. The largest absolute Gasteiger partial charge is 0.475 e. The zero-order chi connectivity index (χ0) is 16.1. The quantitative estimate of drug-likeness (QED) is 0.589. The smallest absolute Gasteiger partial charge is 0.222 e. The van der Waals surface area contributed by atoms with E-state index >= 15 is 0 Å². The summed E-state index contributed by atoms with van der Waals surface area (Å²) >= 11 is 6.12. The highest BCUT2D eigenvalue weighted by atomic mass is 35.5. The van der Waals surface area contributed by atoms with E-state index in [1.165, 1.54) is 24.8 Å². The van der Waals surface area contributed by atoms with Gasteiger partial charge in [-0.3, -0.25) is 0 Å². The molecule has 1 N–H and O–H groups in total. The van der Waals surface area contributed by atoms with E-state index in [0.717, 1.165) is 29.8 Å². The predicted octanol–water partition coefficient (Wildman–Crippen LogP) is 3.80. The highest BCUT2D eigenvalue weighted by molar-refractivity contribution is 6.30. The van der Waals surface area contributed by atoms with E-state index in [-0.39, 0.29) is 0 Å². The molecule has 0 spiro atoms. The molecule has 0 radical (unpaired) electrons. The normalized spacial score (nSPS) is 14.9. The number of hydrogen-bond acceptors (Lipinski definition) is 4. The van der Waals surface area contributed by atoms with Gasteiger partial charge in [0.05, 0.1) is 6.61 Å². The summed E-state index contributed by atoms with van der Waals surface area (Å²) in [7, 11) is 1.65. The Morgan fingerprint density at radius 1 is 1.26 bits per heavy atom. The molecule has 1 aliphatic rings. The second kappa shape index (κ2) is 7.95. The average Bonchev–Trinajstić information content (AvgIpc) is 2.49. The first kappa shape index (κ1) is 16.5. The van der Waals surface area contributed by atoms with Gasteiger partial charge >= 0.3 is 0 Å². The maximum atomic E-state index is 6.12.